The second-order valence-corrected chi connectivity index (χ2v) is 8.43. The van der Waals surface area contributed by atoms with Crippen LogP contribution in [0, 0.1) is 0 Å². The fourth-order valence-electron chi connectivity index (χ4n) is 4.69. The summed E-state index contributed by atoms with van der Waals surface area (Å²) in [6, 6.07) is 20.0. The number of anilines is 2. The summed E-state index contributed by atoms with van der Waals surface area (Å²) in [6.07, 6.45) is 2.03. The van der Waals surface area contributed by atoms with Gasteiger partial charge in [-0.05, 0) is 49.2 Å². The number of hydrogen-bond donors (Lipinski definition) is 2. The standard InChI is InChI=1S/C28H26N2O4/c1-33-19-12-14-25(34-2)20(16-19)27-26-22(9-6-10-24(26)31)29-23-15-18(11-13-21(23)30-27)28(32)17-7-4-3-5-8-17/h3-5,7-8,11-16,27,29-30H,6,9-10H2,1-2H3/t27-/m0/s1. The van der Waals surface area contributed by atoms with Gasteiger partial charge >= 0.3 is 0 Å². The highest BCUT2D eigenvalue weighted by Crippen LogP contribution is 2.44. The molecule has 0 aromatic heterocycles. The molecule has 0 bridgehead atoms. The fraction of sp³-hybridized carbons (Fsp3) is 0.214. The summed E-state index contributed by atoms with van der Waals surface area (Å²) in [4.78, 5) is 26.2. The normalized spacial score (nSPS) is 17.0. The van der Waals surface area contributed by atoms with Crippen molar-refractivity contribution in [2.75, 3.05) is 24.9 Å². The van der Waals surface area contributed by atoms with Crippen LogP contribution >= 0.6 is 0 Å². The van der Waals surface area contributed by atoms with Gasteiger partial charge in [0, 0.05) is 34.4 Å². The number of Topliss-reactive ketones (excluding diaryl/α,β-unsaturated/α-hetero) is 1. The van der Waals surface area contributed by atoms with Gasteiger partial charge < -0.3 is 20.1 Å². The highest BCUT2D eigenvalue weighted by atomic mass is 16.5. The smallest absolute Gasteiger partial charge is 0.193 e. The first kappa shape index (κ1) is 21.8. The molecule has 0 radical (unpaired) electrons. The monoisotopic (exact) mass is 454 g/mol. The maximum atomic E-state index is 13.2. The molecule has 6 heteroatoms. The average Bonchev–Trinajstić information content (AvgIpc) is 3.05. The number of allylic oxidation sites excluding steroid dienone is 1. The number of hydrogen-bond acceptors (Lipinski definition) is 6. The largest absolute Gasteiger partial charge is 0.497 e. The van der Waals surface area contributed by atoms with Crippen LogP contribution in [0.4, 0.5) is 11.4 Å². The molecule has 3 aromatic rings. The van der Waals surface area contributed by atoms with E-state index in [4.69, 9.17) is 9.47 Å². The number of ketones is 2. The van der Waals surface area contributed by atoms with Crippen molar-refractivity contribution >= 4 is 22.9 Å². The highest BCUT2D eigenvalue weighted by molar-refractivity contribution is 6.10. The average molecular weight is 455 g/mol. The van der Waals surface area contributed by atoms with Crippen LogP contribution in [0.3, 0.4) is 0 Å². The first-order valence-corrected chi connectivity index (χ1v) is 11.3. The van der Waals surface area contributed by atoms with Gasteiger partial charge in [-0.2, -0.15) is 0 Å². The number of benzene rings is 3. The van der Waals surface area contributed by atoms with Crippen LogP contribution in [0.15, 0.2) is 78.0 Å². The van der Waals surface area contributed by atoms with E-state index < -0.39 is 6.04 Å². The Morgan fingerprint density at radius 3 is 2.47 bits per heavy atom. The lowest BCUT2D eigenvalue weighted by Crippen LogP contribution is -2.24. The quantitative estimate of drug-likeness (QED) is 0.495. The minimum Gasteiger partial charge on any atom is -0.497 e. The fourth-order valence-corrected chi connectivity index (χ4v) is 4.69. The number of methoxy groups -OCH3 is 2. The van der Waals surface area contributed by atoms with Crippen LogP contribution in [-0.4, -0.2) is 25.8 Å². The molecule has 1 aliphatic heterocycles. The molecule has 1 aliphatic carbocycles. The lowest BCUT2D eigenvalue weighted by Gasteiger charge is -2.26. The lowest BCUT2D eigenvalue weighted by molar-refractivity contribution is -0.116. The van der Waals surface area contributed by atoms with E-state index in [1.165, 1.54) is 0 Å². The molecule has 0 saturated carbocycles. The summed E-state index contributed by atoms with van der Waals surface area (Å²) in [5.41, 5.74) is 5.20. The Kier molecular flexibility index (Phi) is 5.80. The van der Waals surface area contributed by atoms with E-state index in [1.54, 1.807) is 14.2 Å². The van der Waals surface area contributed by atoms with Crippen LogP contribution in [0.5, 0.6) is 11.5 Å². The number of rotatable bonds is 5. The molecule has 0 spiro atoms. The van der Waals surface area contributed by atoms with Crippen LogP contribution < -0.4 is 20.1 Å². The van der Waals surface area contributed by atoms with Crippen molar-refractivity contribution in [3.8, 4) is 11.5 Å². The molecule has 0 unspecified atom stereocenters. The molecule has 1 heterocycles. The van der Waals surface area contributed by atoms with E-state index >= 15 is 0 Å². The number of nitrogens with one attached hydrogen (secondary N) is 2. The topological polar surface area (TPSA) is 76.7 Å². The molecule has 1 atom stereocenters. The zero-order valence-electron chi connectivity index (χ0n) is 19.2. The first-order valence-electron chi connectivity index (χ1n) is 11.3. The predicted molar refractivity (Wildman–Crippen MR) is 132 cm³/mol. The molecule has 2 N–H and O–H groups in total. The van der Waals surface area contributed by atoms with E-state index in [1.807, 2.05) is 66.7 Å². The van der Waals surface area contributed by atoms with Gasteiger partial charge in [0.05, 0.1) is 31.6 Å². The second kappa shape index (κ2) is 9.06. The van der Waals surface area contributed by atoms with Crippen molar-refractivity contribution in [3.63, 3.8) is 0 Å². The van der Waals surface area contributed by atoms with Crippen molar-refractivity contribution in [1.29, 1.82) is 0 Å². The van der Waals surface area contributed by atoms with Gasteiger partial charge in [0.1, 0.15) is 11.5 Å². The molecule has 5 rings (SSSR count). The Bertz CT molecular complexity index is 1300. The van der Waals surface area contributed by atoms with E-state index in [9.17, 15) is 9.59 Å². The van der Waals surface area contributed by atoms with Gasteiger partial charge in [0.15, 0.2) is 11.6 Å². The summed E-state index contributed by atoms with van der Waals surface area (Å²) < 4.78 is 11.1. The van der Waals surface area contributed by atoms with Crippen LogP contribution in [0.1, 0.15) is 46.8 Å². The Hall–Kier alpha value is -4.06. The van der Waals surface area contributed by atoms with Crippen molar-refractivity contribution in [2.24, 2.45) is 0 Å². The third kappa shape index (κ3) is 3.92. The Morgan fingerprint density at radius 1 is 0.882 bits per heavy atom. The summed E-state index contributed by atoms with van der Waals surface area (Å²) in [5, 5.41) is 7.03. The Morgan fingerprint density at radius 2 is 1.71 bits per heavy atom. The van der Waals surface area contributed by atoms with Gasteiger partial charge in [-0.15, -0.1) is 0 Å². The molecule has 172 valence electrons. The van der Waals surface area contributed by atoms with Crippen LogP contribution in [0.25, 0.3) is 0 Å². The molecule has 0 fully saturated rings. The maximum absolute atomic E-state index is 13.2. The lowest BCUT2D eigenvalue weighted by atomic mass is 9.86. The zero-order valence-corrected chi connectivity index (χ0v) is 19.2. The van der Waals surface area contributed by atoms with Gasteiger partial charge in [-0.3, -0.25) is 9.59 Å². The molecule has 0 saturated heterocycles. The molecule has 34 heavy (non-hydrogen) atoms. The number of carbonyl (C=O) groups is 2. The van der Waals surface area contributed by atoms with Gasteiger partial charge in [-0.25, -0.2) is 0 Å². The third-order valence-electron chi connectivity index (χ3n) is 6.40. The first-order chi connectivity index (χ1) is 16.6. The zero-order chi connectivity index (χ0) is 23.7. The third-order valence-corrected chi connectivity index (χ3v) is 6.40. The van der Waals surface area contributed by atoms with E-state index in [0.717, 1.165) is 35.5 Å². The molecule has 6 nitrogen and oxygen atoms in total. The van der Waals surface area contributed by atoms with E-state index in [0.29, 0.717) is 34.6 Å². The summed E-state index contributed by atoms with van der Waals surface area (Å²) in [7, 11) is 3.23. The number of fused-ring (bicyclic) bond motifs is 1. The van der Waals surface area contributed by atoms with Crippen molar-refractivity contribution in [3.05, 3.63) is 94.7 Å². The van der Waals surface area contributed by atoms with Crippen LogP contribution in [-0.2, 0) is 4.79 Å². The molecular weight excluding hydrogens is 428 g/mol. The molecule has 0 amide bonds. The van der Waals surface area contributed by atoms with Crippen molar-refractivity contribution in [2.45, 2.75) is 25.3 Å². The SMILES string of the molecule is COc1ccc(OC)c([C@@H]2Nc3ccc(C(=O)c4ccccc4)cc3NC3=C2C(=O)CCC3)c1. The van der Waals surface area contributed by atoms with Crippen molar-refractivity contribution in [1.82, 2.24) is 0 Å². The van der Waals surface area contributed by atoms with Gasteiger partial charge in [0.2, 0.25) is 0 Å². The predicted octanol–water partition coefficient (Wildman–Crippen LogP) is 5.52. The van der Waals surface area contributed by atoms with Gasteiger partial charge in [-0.1, -0.05) is 30.3 Å². The van der Waals surface area contributed by atoms with E-state index in [-0.39, 0.29) is 11.6 Å². The number of ether oxygens (including phenoxy) is 2. The summed E-state index contributed by atoms with van der Waals surface area (Å²) in [5.74, 6) is 1.41. The van der Waals surface area contributed by atoms with Gasteiger partial charge in [0.25, 0.3) is 0 Å². The molecule has 2 aliphatic rings. The highest BCUT2D eigenvalue weighted by Gasteiger charge is 2.34. The Labute approximate surface area is 198 Å². The molecular formula is C28H26N2O4. The van der Waals surface area contributed by atoms with Crippen LogP contribution in [0.2, 0.25) is 0 Å². The Balaban J connectivity index is 1.62. The summed E-state index contributed by atoms with van der Waals surface area (Å²) >= 11 is 0. The molecule has 3 aromatic carbocycles. The maximum Gasteiger partial charge on any atom is 0.193 e. The van der Waals surface area contributed by atoms with Crippen molar-refractivity contribution < 1.29 is 19.1 Å². The van der Waals surface area contributed by atoms with E-state index in [2.05, 4.69) is 10.6 Å². The second-order valence-electron chi connectivity index (χ2n) is 8.43. The summed E-state index contributed by atoms with van der Waals surface area (Å²) in [6.45, 7) is 0. The minimum absolute atomic E-state index is 0.0469. The minimum atomic E-state index is -0.419. The number of carbonyl (C=O) groups excluding carboxylic acids is 2.